The fraction of sp³-hybridized carbons (Fsp3) is 0.667. The molecule has 0 aliphatic rings. The lowest BCUT2D eigenvalue weighted by Gasteiger charge is -2.00. The number of hydrogen-bond donors (Lipinski definition) is 0. The van der Waals surface area contributed by atoms with Crippen LogP contribution in [0.25, 0.3) is 0 Å². The van der Waals surface area contributed by atoms with Crippen LogP contribution in [0.2, 0.25) is 0 Å². The Balaban J connectivity index is 3.44. The van der Waals surface area contributed by atoms with E-state index in [-0.39, 0.29) is 0 Å². The van der Waals surface area contributed by atoms with Crippen LogP contribution in [-0.4, -0.2) is 17.3 Å². The summed E-state index contributed by atoms with van der Waals surface area (Å²) in [5.41, 5.74) is 1.05. The first-order chi connectivity index (χ1) is 5.20. The summed E-state index contributed by atoms with van der Waals surface area (Å²) in [5, 5.41) is 0. The Morgan fingerprint density at radius 1 is 1.45 bits per heavy atom. The van der Waals surface area contributed by atoms with E-state index in [1.165, 1.54) is 0 Å². The number of thioether (sulfide) groups is 1. The molecule has 1 nitrogen and oxygen atoms in total. The second-order valence-corrected chi connectivity index (χ2v) is 3.73. The number of ketones is 1. The van der Waals surface area contributed by atoms with Crippen molar-refractivity contribution in [1.29, 1.82) is 0 Å². The predicted molar refractivity (Wildman–Crippen MR) is 52.1 cm³/mol. The third kappa shape index (κ3) is 6.17. The van der Waals surface area contributed by atoms with E-state index in [1.807, 2.05) is 6.92 Å². The van der Waals surface area contributed by atoms with E-state index in [9.17, 15) is 4.79 Å². The van der Waals surface area contributed by atoms with Gasteiger partial charge >= 0.3 is 0 Å². The van der Waals surface area contributed by atoms with E-state index in [0.29, 0.717) is 18.0 Å². The first kappa shape index (κ1) is 10.8. The number of Topliss-reactive ketones (excluding diaryl/α,β-unsaturated/α-hetero) is 1. The van der Waals surface area contributed by atoms with Crippen molar-refractivity contribution in [3.05, 3.63) is 12.2 Å². The van der Waals surface area contributed by atoms with Gasteiger partial charge in [-0.1, -0.05) is 26.0 Å². The molecule has 0 rings (SSSR count). The molecular weight excluding hydrogens is 156 g/mol. The predicted octanol–water partition coefficient (Wildman–Crippen LogP) is 2.66. The molecule has 64 valence electrons. The summed E-state index contributed by atoms with van der Waals surface area (Å²) >= 11 is 1.68. The summed E-state index contributed by atoms with van der Waals surface area (Å²) in [4.78, 5) is 11.1. The minimum Gasteiger partial charge on any atom is -0.298 e. The fourth-order valence-electron chi connectivity index (χ4n) is 0.671. The average Bonchev–Trinajstić information content (AvgIpc) is 2.00. The van der Waals surface area contributed by atoms with Crippen molar-refractivity contribution in [2.75, 3.05) is 11.5 Å². The van der Waals surface area contributed by atoms with E-state index in [1.54, 1.807) is 11.8 Å². The summed E-state index contributed by atoms with van der Waals surface area (Å²) in [6.45, 7) is 7.88. The van der Waals surface area contributed by atoms with Crippen molar-refractivity contribution >= 4 is 17.5 Å². The highest BCUT2D eigenvalue weighted by molar-refractivity contribution is 7.99. The number of rotatable bonds is 6. The van der Waals surface area contributed by atoms with Crippen molar-refractivity contribution in [1.82, 2.24) is 0 Å². The zero-order chi connectivity index (χ0) is 8.69. The third-order valence-corrected chi connectivity index (χ3v) is 2.35. The Morgan fingerprint density at radius 3 is 2.55 bits per heavy atom. The average molecular weight is 172 g/mol. The highest BCUT2D eigenvalue weighted by Crippen LogP contribution is 2.07. The fourth-order valence-corrected chi connectivity index (χ4v) is 1.20. The van der Waals surface area contributed by atoms with Gasteiger partial charge in [-0.2, -0.15) is 11.8 Å². The van der Waals surface area contributed by atoms with Crippen LogP contribution < -0.4 is 0 Å². The van der Waals surface area contributed by atoms with Crippen molar-refractivity contribution < 1.29 is 4.79 Å². The van der Waals surface area contributed by atoms with Crippen molar-refractivity contribution in [2.24, 2.45) is 0 Å². The maximum absolute atomic E-state index is 11.1. The topological polar surface area (TPSA) is 17.1 Å². The first-order valence-electron chi connectivity index (χ1n) is 3.96. The molecule has 0 saturated heterocycles. The summed E-state index contributed by atoms with van der Waals surface area (Å²) in [5.74, 6) is 1.98. The zero-order valence-electron chi connectivity index (χ0n) is 7.35. The normalized spacial score (nSPS) is 9.64. The highest BCUT2D eigenvalue weighted by atomic mass is 32.2. The molecule has 0 amide bonds. The molecule has 0 aromatic heterocycles. The van der Waals surface area contributed by atoms with Gasteiger partial charge in [-0.3, -0.25) is 4.79 Å². The number of carbonyl (C=O) groups excluding carboxylic acids is 1. The van der Waals surface area contributed by atoms with Crippen LogP contribution >= 0.6 is 11.8 Å². The number of hydrogen-bond acceptors (Lipinski definition) is 2. The smallest absolute Gasteiger partial charge is 0.146 e. The Hall–Kier alpha value is -0.240. The lowest BCUT2D eigenvalue weighted by atomic mass is 10.1. The van der Waals surface area contributed by atoms with Gasteiger partial charge < -0.3 is 0 Å². The molecule has 2 heteroatoms. The molecule has 0 unspecified atom stereocenters. The van der Waals surface area contributed by atoms with Crippen LogP contribution in [0.3, 0.4) is 0 Å². The van der Waals surface area contributed by atoms with E-state index in [2.05, 4.69) is 13.5 Å². The van der Waals surface area contributed by atoms with Gasteiger partial charge in [0.15, 0.2) is 0 Å². The molecule has 0 N–H and O–H groups in total. The highest BCUT2D eigenvalue weighted by Gasteiger charge is 2.01. The van der Waals surface area contributed by atoms with Gasteiger partial charge in [0.25, 0.3) is 0 Å². The second kappa shape index (κ2) is 6.47. The summed E-state index contributed by atoms with van der Waals surface area (Å²) in [6.07, 6.45) is 1.49. The van der Waals surface area contributed by atoms with E-state index >= 15 is 0 Å². The van der Waals surface area contributed by atoms with Gasteiger partial charge in [0.05, 0.1) is 5.75 Å². The van der Waals surface area contributed by atoms with Gasteiger partial charge in [0.1, 0.15) is 5.78 Å². The monoisotopic (exact) mass is 172 g/mol. The van der Waals surface area contributed by atoms with Crippen LogP contribution in [0, 0.1) is 0 Å². The molecule has 0 fully saturated rings. The van der Waals surface area contributed by atoms with Crippen LogP contribution in [0.5, 0.6) is 0 Å². The minimum absolute atomic E-state index is 0.309. The molecule has 0 saturated carbocycles. The number of carbonyl (C=O) groups is 1. The zero-order valence-corrected chi connectivity index (χ0v) is 8.17. The molecule has 0 aliphatic heterocycles. The maximum atomic E-state index is 11.1. The quantitative estimate of drug-likeness (QED) is 0.573. The summed E-state index contributed by atoms with van der Waals surface area (Å²) in [6, 6.07) is 0. The maximum Gasteiger partial charge on any atom is 0.146 e. The molecule has 0 aromatic rings. The van der Waals surface area contributed by atoms with Crippen LogP contribution in [-0.2, 0) is 4.79 Å². The third-order valence-electron chi connectivity index (χ3n) is 1.41. The Bertz CT molecular complexity index is 140. The van der Waals surface area contributed by atoms with Gasteiger partial charge in [0, 0.05) is 6.42 Å². The van der Waals surface area contributed by atoms with Crippen molar-refractivity contribution in [3.8, 4) is 0 Å². The SMILES string of the molecule is C=C(CC)CC(=O)CSCC. The standard InChI is InChI=1S/C9H16OS/c1-4-8(3)6-9(10)7-11-5-2/h3-7H2,1-2H3. The van der Waals surface area contributed by atoms with E-state index in [4.69, 9.17) is 0 Å². The molecule has 0 radical (unpaired) electrons. The van der Waals surface area contributed by atoms with Gasteiger partial charge in [-0.25, -0.2) is 0 Å². The first-order valence-corrected chi connectivity index (χ1v) is 5.12. The summed E-state index contributed by atoms with van der Waals surface area (Å²) in [7, 11) is 0. The summed E-state index contributed by atoms with van der Waals surface area (Å²) < 4.78 is 0. The molecule has 0 aromatic carbocycles. The van der Waals surface area contributed by atoms with Crippen molar-refractivity contribution in [3.63, 3.8) is 0 Å². The largest absolute Gasteiger partial charge is 0.298 e. The molecule has 0 heterocycles. The number of allylic oxidation sites excluding steroid dienone is 1. The van der Waals surface area contributed by atoms with E-state index < -0.39 is 0 Å². The lowest BCUT2D eigenvalue weighted by Crippen LogP contribution is -2.02. The molecule has 0 spiro atoms. The Labute approximate surface area is 73.3 Å². The van der Waals surface area contributed by atoms with Gasteiger partial charge in [-0.05, 0) is 12.2 Å². The second-order valence-electron chi connectivity index (χ2n) is 2.46. The molecule has 0 atom stereocenters. The van der Waals surface area contributed by atoms with Gasteiger partial charge in [0.2, 0.25) is 0 Å². The Kier molecular flexibility index (Phi) is 6.33. The van der Waals surface area contributed by atoms with Crippen LogP contribution in [0.4, 0.5) is 0 Å². The molecule has 0 aliphatic carbocycles. The Morgan fingerprint density at radius 2 is 2.09 bits per heavy atom. The van der Waals surface area contributed by atoms with Crippen molar-refractivity contribution in [2.45, 2.75) is 26.7 Å². The van der Waals surface area contributed by atoms with Gasteiger partial charge in [-0.15, -0.1) is 0 Å². The van der Waals surface area contributed by atoms with Crippen LogP contribution in [0.1, 0.15) is 26.7 Å². The molecule has 11 heavy (non-hydrogen) atoms. The van der Waals surface area contributed by atoms with E-state index in [0.717, 1.165) is 17.7 Å². The molecule has 0 bridgehead atoms. The van der Waals surface area contributed by atoms with Crippen LogP contribution in [0.15, 0.2) is 12.2 Å². The lowest BCUT2D eigenvalue weighted by molar-refractivity contribution is -0.116. The minimum atomic E-state index is 0.309. The molecular formula is C9H16OS.